The van der Waals surface area contributed by atoms with Crippen molar-refractivity contribution in [3.05, 3.63) is 78.0 Å². The predicted molar refractivity (Wildman–Crippen MR) is 110 cm³/mol. The van der Waals surface area contributed by atoms with E-state index >= 15 is 0 Å². The molecule has 0 radical (unpaired) electrons. The fraction of sp³-hybridized carbons (Fsp3) is 0.273. The maximum absolute atomic E-state index is 5.73. The lowest BCUT2D eigenvalue weighted by molar-refractivity contribution is 0.0937. The summed E-state index contributed by atoms with van der Waals surface area (Å²) in [6, 6.07) is 20.5. The molecule has 0 amide bonds. The van der Waals surface area contributed by atoms with E-state index in [4.69, 9.17) is 14.5 Å². The lowest BCUT2D eigenvalue weighted by Crippen LogP contribution is -2.40. The second-order valence-electron chi connectivity index (χ2n) is 6.64. The Bertz CT molecular complexity index is 904. The van der Waals surface area contributed by atoms with E-state index in [1.54, 1.807) is 13.3 Å². The van der Waals surface area contributed by atoms with E-state index in [9.17, 15) is 0 Å². The van der Waals surface area contributed by atoms with Crippen molar-refractivity contribution in [2.24, 2.45) is 0 Å². The molecule has 28 heavy (non-hydrogen) atoms. The van der Waals surface area contributed by atoms with Crippen molar-refractivity contribution in [2.75, 3.05) is 37.1 Å². The SMILES string of the molecule is COc1cccc(CNc2nccc(N3CCOCC3c3ccccc3)n2)c1. The summed E-state index contributed by atoms with van der Waals surface area (Å²) in [5, 5.41) is 3.31. The summed E-state index contributed by atoms with van der Waals surface area (Å²) in [5.41, 5.74) is 2.34. The molecule has 1 aliphatic rings. The van der Waals surface area contributed by atoms with Crippen LogP contribution in [-0.2, 0) is 11.3 Å². The average molecular weight is 376 g/mol. The lowest BCUT2D eigenvalue weighted by Gasteiger charge is -2.36. The summed E-state index contributed by atoms with van der Waals surface area (Å²) in [5.74, 6) is 2.35. The largest absolute Gasteiger partial charge is 0.497 e. The summed E-state index contributed by atoms with van der Waals surface area (Å²) in [7, 11) is 1.67. The quantitative estimate of drug-likeness (QED) is 0.708. The number of nitrogens with zero attached hydrogens (tertiary/aromatic N) is 3. The summed E-state index contributed by atoms with van der Waals surface area (Å²) in [4.78, 5) is 11.4. The molecule has 1 N–H and O–H groups in total. The second kappa shape index (κ2) is 8.71. The predicted octanol–water partition coefficient (Wildman–Crippen LogP) is 3.68. The van der Waals surface area contributed by atoms with E-state index in [0.717, 1.165) is 23.7 Å². The zero-order chi connectivity index (χ0) is 19.2. The van der Waals surface area contributed by atoms with Crippen molar-refractivity contribution < 1.29 is 9.47 Å². The van der Waals surface area contributed by atoms with Gasteiger partial charge >= 0.3 is 0 Å². The Hall–Kier alpha value is -3.12. The first kappa shape index (κ1) is 18.3. The molecule has 2 aromatic carbocycles. The molecule has 0 saturated carbocycles. The van der Waals surface area contributed by atoms with Crippen LogP contribution in [0, 0.1) is 0 Å². The minimum atomic E-state index is 0.149. The van der Waals surface area contributed by atoms with Crippen molar-refractivity contribution in [2.45, 2.75) is 12.6 Å². The number of hydrogen-bond acceptors (Lipinski definition) is 6. The number of anilines is 2. The molecule has 144 valence electrons. The molecule has 1 saturated heterocycles. The molecule has 1 atom stereocenters. The van der Waals surface area contributed by atoms with Crippen LogP contribution in [0.25, 0.3) is 0 Å². The Morgan fingerprint density at radius 1 is 1.14 bits per heavy atom. The molecule has 1 unspecified atom stereocenters. The Morgan fingerprint density at radius 3 is 2.89 bits per heavy atom. The molecule has 1 aliphatic heterocycles. The molecule has 0 aliphatic carbocycles. The highest BCUT2D eigenvalue weighted by atomic mass is 16.5. The van der Waals surface area contributed by atoms with Crippen molar-refractivity contribution in [1.29, 1.82) is 0 Å². The summed E-state index contributed by atoms with van der Waals surface area (Å²) in [6.45, 7) is 2.78. The van der Waals surface area contributed by atoms with Gasteiger partial charge in [-0.2, -0.15) is 4.98 Å². The third kappa shape index (κ3) is 4.23. The van der Waals surface area contributed by atoms with Crippen molar-refractivity contribution in [3.63, 3.8) is 0 Å². The molecule has 1 aromatic heterocycles. The summed E-state index contributed by atoms with van der Waals surface area (Å²) < 4.78 is 11.0. The third-order valence-corrected chi connectivity index (χ3v) is 4.83. The van der Waals surface area contributed by atoms with Crippen LogP contribution in [-0.4, -0.2) is 36.8 Å². The molecule has 6 nitrogen and oxygen atoms in total. The maximum Gasteiger partial charge on any atom is 0.224 e. The van der Waals surface area contributed by atoms with E-state index in [1.807, 2.05) is 36.4 Å². The molecule has 1 fully saturated rings. The highest BCUT2D eigenvalue weighted by molar-refractivity contribution is 5.46. The number of aromatic nitrogens is 2. The molecule has 2 heterocycles. The normalized spacial score (nSPS) is 16.6. The van der Waals surface area contributed by atoms with Gasteiger partial charge in [-0.05, 0) is 29.3 Å². The Balaban J connectivity index is 1.50. The molecule has 6 heteroatoms. The topological polar surface area (TPSA) is 59.5 Å². The Labute approximate surface area is 165 Å². The lowest BCUT2D eigenvalue weighted by atomic mass is 10.1. The van der Waals surface area contributed by atoms with Crippen LogP contribution in [0.4, 0.5) is 11.8 Å². The van der Waals surface area contributed by atoms with Crippen LogP contribution in [0.3, 0.4) is 0 Å². The van der Waals surface area contributed by atoms with Gasteiger partial charge in [-0.3, -0.25) is 0 Å². The first-order chi connectivity index (χ1) is 13.8. The number of hydrogen-bond donors (Lipinski definition) is 1. The summed E-state index contributed by atoms with van der Waals surface area (Å²) >= 11 is 0. The van der Waals surface area contributed by atoms with Gasteiger partial charge in [0.25, 0.3) is 0 Å². The highest BCUT2D eigenvalue weighted by Crippen LogP contribution is 2.28. The van der Waals surface area contributed by atoms with Crippen LogP contribution in [0.15, 0.2) is 66.9 Å². The van der Waals surface area contributed by atoms with Gasteiger partial charge in [-0.15, -0.1) is 0 Å². The third-order valence-electron chi connectivity index (χ3n) is 4.83. The van der Waals surface area contributed by atoms with Crippen LogP contribution >= 0.6 is 0 Å². The van der Waals surface area contributed by atoms with Crippen molar-refractivity contribution >= 4 is 11.8 Å². The molecule has 3 aromatic rings. The van der Waals surface area contributed by atoms with Gasteiger partial charge in [-0.25, -0.2) is 4.98 Å². The number of ether oxygens (including phenoxy) is 2. The molecule has 0 bridgehead atoms. The van der Waals surface area contributed by atoms with E-state index in [1.165, 1.54) is 5.56 Å². The van der Waals surface area contributed by atoms with E-state index < -0.39 is 0 Å². The smallest absolute Gasteiger partial charge is 0.224 e. The van der Waals surface area contributed by atoms with Gasteiger partial charge in [0.15, 0.2) is 0 Å². The number of nitrogens with one attached hydrogen (secondary N) is 1. The van der Waals surface area contributed by atoms with Crippen molar-refractivity contribution in [3.8, 4) is 5.75 Å². The van der Waals surface area contributed by atoms with Gasteiger partial charge in [0.05, 0.1) is 26.4 Å². The number of benzene rings is 2. The zero-order valence-corrected chi connectivity index (χ0v) is 15.9. The molecule has 0 spiro atoms. The van der Waals surface area contributed by atoms with Gasteiger partial charge in [0.2, 0.25) is 5.95 Å². The van der Waals surface area contributed by atoms with Crippen molar-refractivity contribution in [1.82, 2.24) is 9.97 Å². The first-order valence-electron chi connectivity index (χ1n) is 9.42. The van der Waals surface area contributed by atoms with Crippen LogP contribution in [0.2, 0.25) is 0 Å². The average Bonchev–Trinajstić information content (AvgIpc) is 2.78. The minimum absolute atomic E-state index is 0.149. The maximum atomic E-state index is 5.73. The van der Waals surface area contributed by atoms with Gasteiger partial charge in [0.1, 0.15) is 11.6 Å². The fourth-order valence-corrected chi connectivity index (χ4v) is 3.39. The zero-order valence-electron chi connectivity index (χ0n) is 15.9. The van der Waals surface area contributed by atoms with Gasteiger partial charge in [0, 0.05) is 19.3 Å². The number of methoxy groups -OCH3 is 1. The molecular formula is C22H24N4O2. The highest BCUT2D eigenvalue weighted by Gasteiger charge is 2.25. The summed E-state index contributed by atoms with van der Waals surface area (Å²) in [6.07, 6.45) is 1.80. The fourth-order valence-electron chi connectivity index (χ4n) is 3.39. The minimum Gasteiger partial charge on any atom is -0.497 e. The first-order valence-corrected chi connectivity index (χ1v) is 9.42. The second-order valence-corrected chi connectivity index (χ2v) is 6.64. The Morgan fingerprint density at radius 2 is 2.04 bits per heavy atom. The van der Waals surface area contributed by atoms with Gasteiger partial charge < -0.3 is 19.7 Å². The Kier molecular flexibility index (Phi) is 5.68. The van der Waals surface area contributed by atoms with Crippen LogP contribution < -0.4 is 15.0 Å². The number of morpholine rings is 1. The molecular weight excluding hydrogens is 352 g/mol. The molecule has 4 rings (SSSR count). The standard InChI is InChI=1S/C22H24N4O2/c1-27-19-9-5-6-17(14-19)15-24-22-23-11-10-21(25-22)26-12-13-28-16-20(26)18-7-3-2-4-8-18/h2-11,14,20H,12-13,15-16H2,1H3,(H,23,24,25). The van der Waals surface area contributed by atoms with Crippen LogP contribution in [0.5, 0.6) is 5.75 Å². The van der Waals surface area contributed by atoms with E-state index in [2.05, 4.69) is 39.5 Å². The monoisotopic (exact) mass is 376 g/mol. The van der Waals surface area contributed by atoms with Crippen LogP contribution in [0.1, 0.15) is 17.2 Å². The number of rotatable bonds is 6. The van der Waals surface area contributed by atoms with Gasteiger partial charge in [-0.1, -0.05) is 42.5 Å². The van der Waals surface area contributed by atoms with E-state index in [0.29, 0.717) is 25.7 Å². The van der Waals surface area contributed by atoms with E-state index in [-0.39, 0.29) is 6.04 Å².